The van der Waals surface area contributed by atoms with E-state index in [1.54, 1.807) is 7.11 Å². The van der Waals surface area contributed by atoms with E-state index < -0.39 is 0 Å². The Labute approximate surface area is 192 Å². The molecule has 1 atom stereocenters. The molecule has 2 aromatic rings. The summed E-state index contributed by atoms with van der Waals surface area (Å²) < 4.78 is 6.54. The molecule has 0 bridgehead atoms. The first kappa shape index (κ1) is 23.3. The summed E-state index contributed by atoms with van der Waals surface area (Å²) in [5.41, 5.74) is 3.12. The highest BCUT2D eigenvalue weighted by Gasteiger charge is 2.30. The van der Waals surface area contributed by atoms with Gasteiger partial charge in [0.05, 0.1) is 7.11 Å². The van der Waals surface area contributed by atoms with Crippen LogP contribution in [0, 0.1) is 11.8 Å². The number of piperidine rings is 1. The monoisotopic (exact) mass is 471 g/mol. The maximum atomic E-state index is 5.38. The van der Waals surface area contributed by atoms with E-state index in [2.05, 4.69) is 84.1 Å². The topological polar surface area (TPSA) is 12.5 Å². The molecule has 1 heterocycles. The van der Waals surface area contributed by atoms with Crippen LogP contribution in [0.3, 0.4) is 0 Å². The van der Waals surface area contributed by atoms with E-state index in [9.17, 15) is 0 Å². The van der Waals surface area contributed by atoms with Crippen LogP contribution in [-0.2, 0) is 11.8 Å². The third kappa shape index (κ3) is 6.11. The second kappa shape index (κ2) is 10.8. The Morgan fingerprint density at radius 1 is 1.10 bits per heavy atom. The molecule has 30 heavy (non-hydrogen) atoms. The zero-order valence-corrected chi connectivity index (χ0v) is 20.7. The third-order valence-corrected chi connectivity index (χ3v) is 7.84. The molecule has 1 aliphatic rings. The predicted octanol–water partition coefficient (Wildman–Crippen LogP) is 7.11. The van der Waals surface area contributed by atoms with Gasteiger partial charge in [-0.15, -0.1) is 0 Å². The molecule has 3 rings (SSSR count). The fourth-order valence-electron chi connectivity index (χ4n) is 4.81. The lowest BCUT2D eigenvalue weighted by Gasteiger charge is -2.37. The van der Waals surface area contributed by atoms with Gasteiger partial charge < -0.3 is 9.64 Å². The lowest BCUT2D eigenvalue weighted by molar-refractivity contribution is 0.173. The van der Waals surface area contributed by atoms with Crippen LogP contribution < -0.4 is 4.74 Å². The van der Waals surface area contributed by atoms with Crippen LogP contribution in [0.1, 0.15) is 57.6 Å². The third-order valence-electron chi connectivity index (χ3n) is 7.31. The number of benzene rings is 2. The van der Waals surface area contributed by atoms with Gasteiger partial charge in [-0.1, -0.05) is 61.0 Å². The summed E-state index contributed by atoms with van der Waals surface area (Å²) in [4.78, 5) is 2.68. The van der Waals surface area contributed by atoms with Gasteiger partial charge in [-0.25, -0.2) is 0 Å². The molecule has 0 aromatic heterocycles. The van der Waals surface area contributed by atoms with Gasteiger partial charge in [0.15, 0.2) is 0 Å². The van der Waals surface area contributed by atoms with Gasteiger partial charge in [-0.2, -0.15) is 0 Å². The molecule has 2 aromatic carbocycles. The van der Waals surface area contributed by atoms with Crippen molar-refractivity contribution < 1.29 is 4.74 Å². The summed E-state index contributed by atoms with van der Waals surface area (Å²) in [7, 11) is 1.75. The number of hydrogen-bond donors (Lipinski definition) is 0. The zero-order chi connectivity index (χ0) is 21.6. The van der Waals surface area contributed by atoms with Crippen LogP contribution in [-0.4, -0.2) is 31.6 Å². The number of methoxy groups -OCH3 is 1. The van der Waals surface area contributed by atoms with Crippen LogP contribution in [0.5, 0.6) is 5.75 Å². The first-order valence-electron chi connectivity index (χ1n) is 11.5. The minimum absolute atomic E-state index is 0.241. The average Bonchev–Trinajstić information content (AvgIpc) is 2.75. The van der Waals surface area contributed by atoms with Crippen molar-refractivity contribution in [2.24, 2.45) is 11.8 Å². The highest BCUT2D eigenvalue weighted by molar-refractivity contribution is 9.10. The standard InChI is InChI=1S/C27H38BrNO/c1-21(2)27(3,24-9-11-25(28)12-10-24)15-6-16-29-17-13-22(14-18-29)19-23-7-5-8-26(20-23)30-4/h5,7-12,20-22H,6,13-19H2,1-4H3. The second-order valence-corrected chi connectivity index (χ2v) is 10.4. The summed E-state index contributed by atoms with van der Waals surface area (Å²) >= 11 is 3.57. The smallest absolute Gasteiger partial charge is 0.119 e. The maximum absolute atomic E-state index is 5.38. The van der Waals surface area contributed by atoms with Crippen molar-refractivity contribution in [3.8, 4) is 5.75 Å². The molecule has 164 valence electrons. The van der Waals surface area contributed by atoms with Gasteiger partial charge in [0.2, 0.25) is 0 Å². The molecule has 1 aliphatic heterocycles. The summed E-state index contributed by atoms with van der Waals surface area (Å²) in [5, 5.41) is 0. The van der Waals surface area contributed by atoms with Crippen molar-refractivity contribution in [1.29, 1.82) is 0 Å². The summed E-state index contributed by atoms with van der Waals surface area (Å²) in [6.45, 7) is 10.9. The van der Waals surface area contributed by atoms with E-state index in [4.69, 9.17) is 4.74 Å². The van der Waals surface area contributed by atoms with E-state index in [-0.39, 0.29) is 5.41 Å². The van der Waals surface area contributed by atoms with Crippen molar-refractivity contribution in [1.82, 2.24) is 4.90 Å². The number of likely N-dealkylation sites (tertiary alicyclic amines) is 1. The van der Waals surface area contributed by atoms with Crippen molar-refractivity contribution >= 4 is 15.9 Å². The van der Waals surface area contributed by atoms with Crippen molar-refractivity contribution in [3.05, 3.63) is 64.1 Å². The highest BCUT2D eigenvalue weighted by atomic mass is 79.9. The molecule has 0 aliphatic carbocycles. The van der Waals surface area contributed by atoms with Crippen molar-refractivity contribution in [2.75, 3.05) is 26.7 Å². The molecule has 1 unspecified atom stereocenters. The first-order valence-corrected chi connectivity index (χ1v) is 12.3. The molecular formula is C27H38BrNO. The van der Waals surface area contributed by atoms with E-state index in [1.165, 1.54) is 62.9 Å². The van der Waals surface area contributed by atoms with Gasteiger partial charge in [-0.05, 0) is 104 Å². The van der Waals surface area contributed by atoms with E-state index in [0.717, 1.165) is 16.1 Å². The van der Waals surface area contributed by atoms with Crippen LogP contribution in [0.4, 0.5) is 0 Å². The van der Waals surface area contributed by atoms with Crippen LogP contribution in [0.15, 0.2) is 53.0 Å². The molecular weight excluding hydrogens is 434 g/mol. The van der Waals surface area contributed by atoms with Crippen LogP contribution in [0.2, 0.25) is 0 Å². The molecule has 0 N–H and O–H groups in total. The average molecular weight is 473 g/mol. The second-order valence-electron chi connectivity index (χ2n) is 9.52. The van der Waals surface area contributed by atoms with Crippen LogP contribution in [0.25, 0.3) is 0 Å². The SMILES string of the molecule is COc1cccc(CC2CCN(CCCC(C)(c3ccc(Br)cc3)C(C)C)CC2)c1. The van der Waals surface area contributed by atoms with Gasteiger partial charge in [0.25, 0.3) is 0 Å². The maximum Gasteiger partial charge on any atom is 0.119 e. The lowest BCUT2D eigenvalue weighted by Crippen LogP contribution is -2.36. The normalized spacial score (nSPS) is 17.8. The number of rotatable bonds is 9. The van der Waals surface area contributed by atoms with Crippen LogP contribution >= 0.6 is 15.9 Å². The van der Waals surface area contributed by atoms with Gasteiger partial charge in [-0.3, -0.25) is 0 Å². The Bertz CT molecular complexity index is 780. The minimum Gasteiger partial charge on any atom is -0.497 e. The fourth-order valence-corrected chi connectivity index (χ4v) is 5.08. The molecule has 1 fully saturated rings. The highest BCUT2D eigenvalue weighted by Crippen LogP contribution is 2.37. The Morgan fingerprint density at radius 3 is 2.43 bits per heavy atom. The Balaban J connectivity index is 1.46. The van der Waals surface area contributed by atoms with Gasteiger partial charge in [0.1, 0.15) is 5.75 Å². The van der Waals surface area contributed by atoms with Crippen molar-refractivity contribution in [2.45, 2.75) is 58.3 Å². The zero-order valence-electron chi connectivity index (χ0n) is 19.2. The number of halogens is 1. The Morgan fingerprint density at radius 2 is 1.80 bits per heavy atom. The number of hydrogen-bond acceptors (Lipinski definition) is 2. The van der Waals surface area contributed by atoms with E-state index in [1.807, 2.05) is 6.07 Å². The minimum atomic E-state index is 0.241. The number of ether oxygens (including phenoxy) is 1. The molecule has 0 spiro atoms. The first-order chi connectivity index (χ1) is 14.4. The van der Waals surface area contributed by atoms with E-state index in [0.29, 0.717) is 5.92 Å². The Kier molecular flexibility index (Phi) is 8.42. The number of nitrogens with zero attached hydrogens (tertiary/aromatic N) is 1. The Hall–Kier alpha value is -1.32. The largest absolute Gasteiger partial charge is 0.497 e. The fraction of sp³-hybridized carbons (Fsp3) is 0.556. The van der Waals surface area contributed by atoms with Crippen molar-refractivity contribution in [3.63, 3.8) is 0 Å². The van der Waals surface area contributed by atoms with Gasteiger partial charge >= 0.3 is 0 Å². The molecule has 3 heteroatoms. The molecule has 1 saturated heterocycles. The summed E-state index contributed by atoms with van der Waals surface area (Å²) in [5.74, 6) is 2.41. The predicted molar refractivity (Wildman–Crippen MR) is 131 cm³/mol. The van der Waals surface area contributed by atoms with Gasteiger partial charge in [0, 0.05) is 4.47 Å². The molecule has 0 saturated carbocycles. The quantitative estimate of drug-likeness (QED) is 0.386. The molecule has 0 amide bonds. The lowest BCUT2D eigenvalue weighted by atomic mass is 9.70. The van der Waals surface area contributed by atoms with E-state index >= 15 is 0 Å². The molecule has 0 radical (unpaired) electrons. The molecule has 2 nitrogen and oxygen atoms in total. The summed E-state index contributed by atoms with van der Waals surface area (Å²) in [6, 6.07) is 17.5. The summed E-state index contributed by atoms with van der Waals surface area (Å²) in [6.07, 6.45) is 6.32.